The molecule has 2 N–H and O–H groups in total. The van der Waals surface area contributed by atoms with Crippen molar-refractivity contribution in [3.8, 4) is 11.3 Å². The summed E-state index contributed by atoms with van der Waals surface area (Å²) in [4.78, 5) is 14.7. The Labute approximate surface area is 168 Å². The fraction of sp³-hybridized carbons (Fsp3) is 0.524. The summed E-state index contributed by atoms with van der Waals surface area (Å²) in [5.74, 6) is 1.80. The van der Waals surface area contributed by atoms with Crippen molar-refractivity contribution in [3.63, 3.8) is 0 Å². The summed E-state index contributed by atoms with van der Waals surface area (Å²) in [5, 5.41) is 3.35. The minimum Gasteiger partial charge on any atom is -0.382 e. The maximum atomic E-state index is 5.48. The number of benzene rings is 1. The predicted molar refractivity (Wildman–Crippen MR) is 113 cm³/mol. The molecule has 0 fully saturated rings. The molecule has 154 valence electrons. The highest BCUT2D eigenvalue weighted by Crippen LogP contribution is 2.16. The summed E-state index contributed by atoms with van der Waals surface area (Å²) >= 11 is 0. The molecule has 0 aliphatic rings. The van der Waals surface area contributed by atoms with Gasteiger partial charge in [-0.1, -0.05) is 30.3 Å². The molecule has 0 unspecified atom stereocenters. The first-order valence-electron chi connectivity index (χ1n) is 9.90. The van der Waals surface area contributed by atoms with Gasteiger partial charge in [-0.05, 0) is 25.3 Å². The first-order valence-corrected chi connectivity index (χ1v) is 9.90. The lowest BCUT2D eigenvalue weighted by Crippen LogP contribution is -2.38. The quantitative estimate of drug-likeness (QED) is 0.333. The number of H-pyrrole nitrogens is 1. The van der Waals surface area contributed by atoms with Crippen molar-refractivity contribution < 1.29 is 9.47 Å². The van der Waals surface area contributed by atoms with E-state index in [4.69, 9.17) is 14.5 Å². The molecule has 0 amide bonds. The fourth-order valence-corrected chi connectivity index (χ4v) is 2.72. The summed E-state index contributed by atoms with van der Waals surface area (Å²) in [5.41, 5.74) is 2.16. The van der Waals surface area contributed by atoms with Crippen molar-refractivity contribution in [1.29, 1.82) is 0 Å². The zero-order valence-corrected chi connectivity index (χ0v) is 17.3. The van der Waals surface area contributed by atoms with Gasteiger partial charge in [0, 0.05) is 33.9 Å². The van der Waals surface area contributed by atoms with E-state index in [1.165, 1.54) is 0 Å². The molecule has 2 rings (SSSR count). The van der Waals surface area contributed by atoms with Gasteiger partial charge in [-0.3, -0.25) is 4.99 Å². The molecule has 7 heteroatoms. The Bertz CT molecular complexity index is 687. The van der Waals surface area contributed by atoms with Gasteiger partial charge < -0.3 is 24.7 Å². The van der Waals surface area contributed by atoms with E-state index in [-0.39, 0.29) is 0 Å². The zero-order chi connectivity index (χ0) is 20.0. The average molecular weight is 388 g/mol. The van der Waals surface area contributed by atoms with Crippen molar-refractivity contribution in [2.75, 3.05) is 47.1 Å². The molecule has 0 saturated heterocycles. The van der Waals surface area contributed by atoms with Gasteiger partial charge >= 0.3 is 0 Å². The first-order chi connectivity index (χ1) is 13.7. The number of guanidine groups is 1. The number of unbranched alkanes of at least 4 members (excludes halogenated alkanes) is 1. The number of nitrogens with one attached hydrogen (secondary N) is 2. The van der Waals surface area contributed by atoms with Gasteiger partial charge in [0.25, 0.3) is 0 Å². The third-order valence-electron chi connectivity index (χ3n) is 4.19. The second kappa shape index (κ2) is 12.9. The molecule has 0 saturated carbocycles. The molecule has 7 nitrogen and oxygen atoms in total. The normalized spacial score (nSPS) is 11.6. The lowest BCUT2D eigenvalue weighted by Gasteiger charge is -2.21. The number of rotatable bonds is 12. The summed E-state index contributed by atoms with van der Waals surface area (Å²) in [6, 6.07) is 10.2. The van der Waals surface area contributed by atoms with Crippen LogP contribution in [0, 0.1) is 0 Å². The zero-order valence-electron chi connectivity index (χ0n) is 17.3. The number of methoxy groups -OCH3 is 1. The van der Waals surface area contributed by atoms with Crippen molar-refractivity contribution in [2.45, 2.75) is 26.3 Å². The Kier molecular flexibility index (Phi) is 10.1. The Morgan fingerprint density at radius 1 is 1.18 bits per heavy atom. The van der Waals surface area contributed by atoms with Crippen LogP contribution in [0.4, 0.5) is 0 Å². The lowest BCUT2D eigenvalue weighted by atomic mass is 10.2. The van der Waals surface area contributed by atoms with Crippen LogP contribution in [0.15, 0.2) is 41.5 Å². The smallest absolute Gasteiger partial charge is 0.194 e. The van der Waals surface area contributed by atoms with Crippen LogP contribution in [0.3, 0.4) is 0 Å². The highest BCUT2D eigenvalue weighted by molar-refractivity contribution is 5.79. The van der Waals surface area contributed by atoms with Gasteiger partial charge in [0.15, 0.2) is 5.96 Å². The monoisotopic (exact) mass is 387 g/mol. The number of ether oxygens (including phenoxy) is 2. The van der Waals surface area contributed by atoms with Crippen LogP contribution in [0.5, 0.6) is 0 Å². The van der Waals surface area contributed by atoms with Crippen LogP contribution in [0.25, 0.3) is 11.3 Å². The molecule has 0 bridgehead atoms. The average Bonchev–Trinajstić information content (AvgIpc) is 3.18. The number of hydrogen-bond acceptors (Lipinski definition) is 4. The van der Waals surface area contributed by atoms with Crippen molar-refractivity contribution in [3.05, 3.63) is 42.4 Å². The number of aromatic amines is 1. The molecule has 0 spiro atoms. The number of nitrogens with zero attached hydrogens (tertiary/aromatic N) is 3. The molecule has 1 heterocycles. The van der Waals surface area contributed by atoms with Gasteiger partial charge in [0.1, 0.15) is 5.82 Å². The third kappa shape index (κ3) is 7.70. The van der Waals surface area contributed by atoms with Gasteiger partial charge in [-0.15, -0.1) is 0 Å². The number of aliphatic imine (C=N–C) groups is 1. The van der Waals surface area contributed by atoms with Crippen LogP contribution in [-0.4, -0.2) is 67.9 Å². The third-order valence-corrected chi connectivity index (χ3v) is 4.19. The van der Waals surface area contributed by atoms with Crippen molar-refractivity contribution in [2.24, 2.45) is 4.99 Å². The number of aromatic nitrogens is 2. The van der Waals surface area contributed by atoms with E-state index in [1.807, 2.05) is 31.4 Å². The minimum atomic E-state index is 0.645. The second-order valence-corrected chi connectivity index (χ2v) is 6.51. The summed E-state index contributed by atoms with van der Waals surface area (Å²) in [6.07, 6.45) is 3.87. The largest absolute Gasteiger partial charge is 0.382 e. The fourth-order valence-electron chi connectivity index (χ4n) is 2.72. The summed E-state index contributed by atoms with van der Waals surface area (Å²) < 4.78 is 10.4. The highest BCUT2D eigenvalue weighted by Gasteiger charge is 2.09. The molecule has 0 aliphatic carbocycles. The molecule has 0 atom stereocenters. The molecular weight excluding hydrogens is 354 g/mol. The van der Waals surface area contributed by atoms with E-state index in [9.17, 15) is 0 Å². The van der Waals surface area contributed by atoms with Crippen molar-refractivity contribution >= 4 is 5.96 Å². The predicted octanol–water partition coefficient (Wildman–Crippen LogP) is 2.92. The van der Waals surface area contributed by atoms with Crippen LogP contribution < -0.4 is 5.32 Å². The van der Waals surface area contributed by atoms with Crippen LogP contribution in [-0.2, 0) is 16.0 Å². The lowest BCUT2D eigenvalue weighted by molar-refractivity contribution is 0.0690. The van der Waals surface area contributed by atoms with Crippen LogP contribution in [0.2, 0.25) is 0 Å². The highest BCUT2D eigenvalue weighted by atomic mass is 16.5. The topological polar surface area (TPSA) is 74.8 Å². The number of imidazole rings is 1. The van der Waals surface area contributed by atoms with E-state index in [0.29, 0.717) is 19.8 Å². The molecule has 1 aromatic heterocycles. The van der Waals surface area contributed by atoms with E-state index in [1.54, 1.807) is 7.11 Å². The van der Waals surface area contributed by atoms with E-state index in [0.717, 1.165) is 55.6 Å². The molecule has 1 aromatic carbocycles. The Morgan fingerprint density at radius 2 is 2.00 bits per heavy atom. The molecule has 0 radical (unpaired) electrons. The van der Waals surface area contributed by atoms with E-state index >= 15 is 0 Å². The SMILES string of the molecule is CCNC(=NCCCCOCCOC)N(C)Cc1ncc(-c2ccccc2)[nH]1. The van der Waals surface area contributed by atoms with E-state index < -0.39 is 0 Å². The second-order valence-electron chi connectivity index (χ2n) is 6.51. The Hall–Kier alpha value is -2.38. The van der Waals surface area contributed by atoms with Crippen molar-refractivity contribution in [1.82, 2.24) is 20.2 Å². The maximum absolute atomic E-state index is 5.48. The molecule has 2 aromatic rings. The standard InChI is InChI=1S/C21H33N5O2/c1-4-22-21(23-12-8-9-13-28-15-14-27-3)26(2)17-20-24-16-19(25-20)18-10-6-5-7-11-18/h5-7,10-11,16H,4,8-9,12-15,17H2,1-3H3,(H,22,23)(H,24,25). The summed E-state index contributed by atoms with van der Waals surface area (Å²) in [7, 11) is 3.71. The van der Waals surface area contributed by atoms with Gasteiger partial charge in [-0.25, -0.2) is 4.98 Å². The van der Waals surface area contributed by atoms with Gasteiger partial charge in [0.2, 0.25) is 0 Å². The number of hydrogen-bond donors (Lipinski definition) is 2. The van der Waals surface area contributed by atoms with Gasteiger partial charge in [-0.2, -0.15) is 0 Å². The Balaban J connectivity index is 1.81. The first kappa shape index (κ1) is 21.9. The molecule has 28 heavy (non-hydrogen) atoms. The minimum absolute atomic E-state index is 0.645. The van der Waals surface area contributed by atoms with E-state index in [2.05, 4.69) is 39.2 Å². The molecular formula is C21H33N5O2. The summed E-state index contributed by atoms with van der Waals surface area (Å²) in [6.45, 7) is 6.39. The Morgan fingerprint density at radius 3 is 2.75 bits per heavy atom. The molecule has 0 aliphatic heterocycles. The maximum Gasteiger partial charge on any atom is 0.194 e. The van der Waals surface area contributed by atoms with Crippen LogP contribution in [0.1, 0.15) is 25.6 Å². The van der Waals surface area contributed by atoms with Gasteiger partial charge in [0.05, 0.1) is 31.6 Å². The van der Waals surface area contributed by atoms with Crippen LogP contribution >= 0.6 is 0 Å².